The first-order valence-electron chi connectivity index (χ1n) is 5.32. The second kappa shape index (κ2) is 5.97. The van der Waals surface area contributed by atoms with Crippen molar-refractivity contribution in [2.45, 2.75) is 32.6 Å². The summed E-state index contributed by atoms with van der Waals surface area (Å²) < 4.78 is 0. The summed E-state index contributed by atoms with van der Waals surface area (Å²) in [5.74, 6) is 0.188. The first-order valence-corrected chi connectivity index (χ1v) is 5.32. The van der Waals surface area contributed by atoms with Crippen LogP contribution in [0.3, 0.4) is 0 Å². The summed E-state index contributed by atoms with van der Waals surface area (Å²) in [5.41, 5.74) is 0. The van der Waals surface area contributed by atoms with E-state index in [0.29, 0.717) is 6.42 Å². The zero-order chi connectivity index (χ0) is 9.52. The molecule has 0 spiro atoms. The highest BCUT2D eigenvalue weighted by Gasteiger charge is 2.10. The minimum atomic E-state index is 0.188. The summed E-state index contributed by atoms with van der Waals surface area (Å²) >= 11 is 0. The van der Waals surface area contributed by atoms with Gasteiger partial charge >= 0.3 is 0 Å². The summed E-state index contributed by atoms with van der Waals surface area (Å²) in [7, 11) is 0. The zero-order valence-electron chi connectivity index (χ0n) is 8.51. The van der Waals surface area contributed by atoms with Crippen LogP contribution in [0, 0.1) is 0 Å². The van der Waals surface area contributed by atoms with Crippen molar-refractivity contribution < 1.29 is 4.79 Å². The molecule has 1 amide bonds. The average molecular weight is 184 g/mol. The molecule has 1 saturated heterocycles. The Bertz CT molecular complexity index is 153. The fourth-order valence-electron chi connectivity index (χ4n) is 1.73. The van der Waals surface area contributed by atoms with Gasteiger partial charge in [0.25, 0.3) is 0 Å². The highest BCUT2D eigenvalue weighted by Crippen LogP contribution is 2.08. The lowest BCUT2D eigenvalue weighted by Crippen LogP contribution is -2.34. The van der Waals surface area contributed by atoms with Crippen molar-refractivity contribution in [1.29, 1.82) is 0 Å². The van der Waals surface area contributed by atoms with E-state index in [4.69, 9.17) is 0 Å². The number of piperidine rings is 1. The molecule has 0 aliphatic carbocycles. The minimum Gasteiger partial charge on any atom is -0.356 e. The van der Waals surface area contributed by atoms with E-state index in [2.05, 4.69) is 10.2 Å². The number of amides is 1. The van der Waals surface area contributed by atoms with Gasteiger partial charge in [0, 0.05) is 19.5 Å². The molecule has 1 rings (SSSR count). The van der Waals surface area contributed by atoms with Gasteiger partial charge < -0.3 is 10.2 Å². The Labute approximate surface area is 80.5 Å². The summed E-state index contributed by atoms with van der Waals surface area (Å²) in [5, 5.41) is 2.82. The molecule has 0 saturated carbocycles. The van der Waals surface area contributed by atoms with E-state index in [9.17, 15) is 4.79 Å². The second-order valence-electron chi connectivity index (χ2n) is 3.61. The maximum absolute atomic E-state index is 11.1. The van der Waals surface area contributed by atoms with Crippen LogP contribution in [-0.2, 0) is 4.79 Å². The van der Waals surface area contributed by atoms with Crippen LogP contribution in [0.5, 0.6) is 0 Å². The van der Waals surface area contributed by atoms with Crippen molar-refractivity contribution in [2.24, 2.45) is 0 Å². The predicted octanol–water partition coefficient (Wildman–Crippen LogP) is 0.998. The third kappa shape index (κ3) is 4.27. The summed E-state index contributed by atoms with van der Waals surface area (Å²) in [4.78, 5) is 13.5. The Kier molecular flexibility index (Phi) is 4.83. The molecule has 0 bridgehead atoms. The molecule has 1 aliphatic rings. The molecular formula is C10H20N2O. The largest absolute Gasteiger partial charge is 0.356 e. The molecule has 0 aromatic rings. The topological polar surface area (TPSA) is 32.3 Å². The standard InChI is InChI=1S/C10H20N2O/c1-2-11-10(13)6-9-12-7-4-3-5-8-12/h2-9H2,1H3,(H,11,13). The summed E-state index contributed by atoms with van der Waals surface area (Å²) in [6.45, 7) is 6.00. The molecule has 76 valence electrons. The van der Waals surface area contributed by atoms with Gasteiger partial charge in [-0.15, -0.1) is 0 Å². The van der Waals surface area contributed by atoms with Crippen LogP contribution in [0.15, 0.2) is 0 Å². The summed E-state index contributed by atoms with van der Waals surface area (Å²) in [6, 6.07) is 0. The number of nitrogens with zero attached hydrogens (tertiary/aromatic N) is 1. The fourth-order valence-corrected chi connectivity index (χ4v) is 1.73. The molecule has 13 heavy (non-hydrogen) atoms. The Balaban J connectivity index is 2.06. The number of carbonyl (C=O) groups excluding carboxylic acids is 1. The minimum absolute atomic E-state index is 0.188. The van der Waals surface area contributed by atoms with Gasteiger partial charge in [-0.3, -0.25) is 4.79 Å². The summed E-state index contributed by atoms with van der Waals surface area (Å²) in [6.07, 6.45) is 4.62. The second-order valence-corrected chi connectivity index (χ2v) is 3.61. The monoisotopic (exact) mass is 184 g/mol. The fraction of sp³-hybridized carbons (Fsp3) is 0.900. The van der Waals surface area contributed by atoms with E-state index < -0.39 is 0 Å². The van der Waals surface area contributed by atoms with Gasteiger partial charge in [0.05, 0.1) is 0 Å². The number of hydrogen-bond acceptors (Lipinski definition) is 2. The lowest BCUT2D eigenvalue weighted by Gasteiger charge is -2.25. The molecule has 0 aromatic carbocycles. The molecule has 3 nitrogen and oxygen atoms in total. The number of nitrogens with one attached hydrogen (secondary N) is 1. The Hall–Kier alpha value is -0.570. The van der Waals surface area contributed by atoms with Crippen LogP contribution in [0.4, 0.5) is 0 Å². The van der Waals surface area contributed by atoms with Gasteiger partial charge in [-0.05, 0) is 32.9 Å². The Morgan fingerprint density at radius 3 is 2.62 bits per heavy atom. The SMILES string of the molecule is CCNC(=O)CCN1CCCCC1. The number of likely N-dealkylation sites (tertiary alicyclic amines) is 1. The maximum atomic E-state index is 11.1. The third-order valence-electron chi connectivity index (χ3n) is 2.48. The van der Waals surface area contributed by atoms with Gasteiger partial charge in [-0.1, -0.05) is 6.42 Å². The van der Waals surface area contributed by atoms with E-state index >= 15 is 0 Å². The van der Waals surface area contributed by atoms with Crippen LogP contribution in [0.2, 0.25) is 0 Å². The van der Waals surface area contributed by atoms with E-state index in [1.54, 1.807) is 0 Å². The Morgan fingerprint density at radius 2 is 2.00 bits per heavy atom. The molecule has 0 radical (unpaired) electrons. The lowest BCUT2D eigenvalue weighted by molar-refractivity contribution is -0.121. The van der Waals surface area contributed by atoms with E-state index in [1.165, 1.54) is 32.4 Å². The van der Waals surface area contributed by atoms with Gasteiger partial charge in [0.15, 0.2) is 0 Å². The van der Waals surface area contributed by atoms with Crippen molar-refractivity contribution in [1.82, 2.24) is 10.2 Å². The maximum Gasteiger partial charge on any atom is 0.221 e. The number of rotatable bonds is 4. The molecular weight excluding hydrogens is 164 g/mol. The molecule has 0 atom stereocenters. The highest BCUT2D eigenvalue weighted by molar-refractivity contribution is 5.75. The van der Waals surface area contributed by atoms with Gasteiger partial charge in [-0.25, -0.2) is 0 Å². The number of hydrogen-bond donors (Lipinski definition) is 1. The van der Waals surface area contributed by atoms with Crippen LogP contribution in [0.1, 0.15) is 32.6 Å². The van der Waals surface area contributed by atoms with E-state index in [1.807, 2.05) is 6.92 Å². The average Bonchev–Trinajstić information content (AvgIpc) is 2.17. The first-order chi connectivity index (χ1) is 6.33. The molecule has 1 fully saturated rings. The lowest BCUT2D eigenvalue weighted by atomic mass is 10.1. The van der Waals surface area contributed by atoms with Crippen molar-refractivity contribution in [2.75, 3.05) is 26.2 Å². The normalized spacial score (nSPS) is 18.5. The van der Waals surface area contributed by atoms with Gasteiger partial charge in [0.1, 0.15) is 0 Å². The van der Waals surface area contributed by atoms with Crippen molar-refractivity contribution in [3.63, 3.8) is 0 Å². The van der Waals surface area contributed by atoms with E-state index in [0.717, 1.165) is 13.1 Å². The Morgan fingerprint density at radius 1 is 1.31 bits per heavy atom. The van der Waals surface area contributed by atoms with Crippen LogP contribution in [0.25, 0.3) is 0 Å². The van der Waals surface area contributed by atoms with Gasteiger partial charge in [-0.2, -0.15) is 0 Å². The number of carbonyl (C=O) groups is 1. The molecule has 1 aliphatic heterocycles. The van der Waals surface area contributed by atoms with E-state index in [-0.39, 0.29) is 5.91 Å². The van der Waals surface area contributed by atoms with Crippen molar-refractivity contribution in [3.05, 3.63) is 0 Å². The van der Waals surface area contributed by atoms with Crippen molar-refractivity contribution >= 4 is 5.91 Å². The van der Waals surface area contributed by atoms with Crippen LogP contribution < -0.4 is 5.32 Å². The quantitative estimate of drug-likeness (QED) is 0.707. The molecule has 1 N–H and O–H groups in total. The molecule has 3 heteroatoms. The predicted molar refractivity (Wildman–Crippen MR) is 53.6 cm³/mol. The van der Waals surface area contributed by atoms with Crippen LogP contribution >= 0.6 is 0 Å². The smallest absolute Gasteiger partial charge is 0.221 e. The molecule has 1 heterocycles. The van der Waals surface area contributed by atoms with Gasteiger partial charge in [0.2, 0.25) is 5.91 Å². The highest BCUT2D eigenvalue weighted by atomic mass is 16.1. The molecule has 0 aromatic heterocycles. The first kappa shape index (κ1) is 10.5. The van der Waals surface area contributed by atoms with Crippen molar-refractivity contribution in [3.8, 4) is 0 Å². The zero-order valence-corrected chi connectivity index (χ0v) is 8.51. The molecule has 0 unspecified atom stereocenters. The van der Waals surface area contributed by atoms with Crippen LogP contribution in [-0.4, -0.2) is 37.0 Å². The third-order valence-corrected chi connectivity index (χ3v) is 2.48.